The van der Waals surface area contributed by atoms with Crippen molar-refractivity contribution < 1.29 is 4.79 Å². The Labute approximate surface area is 236 Å². The van der Waals surface area contributed by atoms with Crippen molar-refractivity contribution in [2.75, 3.05) is 43.4 Å². The summed E-state index contributed by atoms with van der Waals surface area (Å²) in [5.74, 6) is -0.0933. The molecule has 10 heteroatoms. The number of likely N-dealkylation sites (N-methyl/N-ethyl adjacent to an activating group) is 1. The molecule has 1 aliphatic rings. The summed E-state index contributed by atoms with van der Waals surface area (Å²) in [5.41, 5.74) is 7.67. The van der Waals surface area contributed by atoms with Crippen LogP contribution in [0.25, 0.3) is 44.6 Å². The number of carbonyl (C=O) groups is 1. The standard InChI is InChI=1S/C31H29N9O/c1-39-9-11-40(12-10-39)27-7-8-33-30-24(27)16-26(36-30)29-25-15-22(18-34-31(25)38-37-29)21-14-23(19-32-17-21)35-28(41)13-20-5-3-2-4-6-20/h2-8,14-19H,9-13H2,1H3,(H,33,36)(H,35,41)(H,34,37,38). The molecule has 41 heavy (non-hydrogen) atoms. The molecule has 6 aromatic rings. The van der Waals surface area contributed by atoms with Crippen LogP contribution in [0.1, 0.15) is 5.56 Å². The zero-order valence-corrected chi connectivity index (χ0v) is 22.6. The first-order valence-electron chi connectivity index (χ1n) is 13.7. The fourth-order valence-corrected chi connectivity index (χ4v) is 5.38. The van der Waals surface area contributed by atoms with Gasteiger partial charge < -0.3 is 20.1 Å². The maximum absolute atomic E-state index is 12.6. The van der Waals surface area contributed by atoms with E-state index in [0.29, 0.717) is 17.8 Å². The van der Waals surface area contributed by atoms with Gasteiger partial charge in [-0.05, 0) is 36.9 Å². The molecule has 3 N–H and O–H groups in total. The normalized spacial score (nSPS) is 14.1. The van der Waals surface area contributed by atoms with Crippen LogP contribution in [0.4, 0.5) is 11.4 Å². The third kappa shape index (κ3) is 5.01. The van der Waals surface area contributed by atoms with Crippen LogP contribution >= 0.6 is 0 Å². The molecule has 6 heterocycles. The minimum Gasteiger partial charge on any atom is -0.368 e. The summed E-state index contributed by atoms with van der Waals surface area (Å²) in [5, 5.41) is 12.6. The largest absolute Gasteiger partial charge is 0.368 e. The van der Waals surface area contributed by atoms with E-state index in [1.807, 2.05) is 48.7 Å². The Bertz CT molecular complexity index is 1850. The summed E-state index contributed by atoms with van der Waals surface area (Å²) >= 11 is 0. The summed E-state index contributed by atoms with van der Waals surface area (Å²) in [4.78, 5) is 34.4. The number of amides is 1. The number of H-pyrrole nitrogens is 2. The Morgan fingerprint density at radius 2 is 1.73 bits per heavy atom. The molecule has 5 aromatic heterocycles. The highest BCUT2D eigenvalue weighted by Gasteiger charge is 2.20. The van der Waals surface area contributed by atoms with E-state index in [1.165, 1.54) is 5.69 Å². The number of carbonyl (C=O) groups excluding carboxylic acids is 1. The SMILES string of the molecule is CN1CCN(c2ccnc3[nH]c(-c4n[nH]c5ncc(-c6cncc(NC(=O)Cc7ccccc7)c6)cc45)cc23)CC1. The van der Waals surface area contributed by atoms with Crippen LogP contribution in [-0.2, 0) is 11.2 Å². The lowest BCUT2D eigenvalue weighted by atomic mass is 10.1. The third-order valence-corrected chi connectivity index (χ3v) is 7.59. The molecule has 10 nitrogen and oxygen atoms in total. The van der Waals surface area contributed by atoms with Gasteiger partial charge in [0.1, 0.15) is 11.3 Å². The van der Waals surface area contributed by atoms with Crippen molar-refractivity contribution in [3.05, 3.63) is 84.9 Å². The van der Waals surface area contributed by atoms with Gasteiger partial charge in [-0.1, -0.05) is 30.3 Å². The summed E-state index contributed by atoms with van der Waals surface area (Å²) in [6, 6.07) is 17.8. The smallest absolute Gasteiger partial charge is 0.228 e. The van der Waals surface area contributed by atoms with Crippen LogP contribution < -0.4 is 10.2 Å². The number of fused-ring (bicyclic) bond motifs is 2. The number of pyridine rings is 3. The Morgan fingerprint density at radius 1 is 0.902 bits per heavy atom. The zero-order valence-electron chi connectivity index (χ0n) is 22.6. The second-order valence-corrected chi connectivity index (χ2v) is 10.4. The van der Waals surface area contributed by atoms with Crippen LogP contribution in [0.3, 0.4) is 0 Å². The van der Waals surface area contributed by atoms with Crippen LogP contribution in [0.5, 0.6) is 0 Å². The topological polar surface area (TPSA) is 119 Å². The number of benzene rings is 1. The molecular weight excluding hydrogens is 514 g/mol. The average molecular weight is 544 g/mol. The molecule has 1 aromatic carbocycles. The minimum atomic E-state index is -0.0933. The van der Waals surface area contributed by atoms with Crippen molar-refractivity contribution >= 4 is 39.3 Å². The maximum atomic E-state index is 12.6. The second-order valence-electron chi connectivity index (χ2n) is 10.4. The van der Waals surface area contributed by atoms with Gasteiger partial charge >= 0.3 is 0 Å². The highest BCUT2D eigenvalue weighted by atomic mass is 16.1. The predicted molar refractivity (Wildman–Crippen MR) is 161 cm³/mol. The van der Waals surface area contributed by atoms with Gasteiger partial charge in [-0.2, -0.15) is 5.10 Å². The highest BCUT2D eigenvalue weighted by molar-refractivity contribution is 5.99. The van der Waals surface area contributed by atoms with E-state index in [9.17, 15) is 4.79 Å². The molecule has 0 bridgehead atoms. The fourth-order valence-electron chi connectivity index (χ4n) is 5.38. The lowest BCUT2D eigenvalue weighted by Crippen LogP contribution is -2.44. The molecule has 1 saturated heterocycles. The van der Waals surface area contributed by atoms with Crippen molar-refractivity contribution in [1.29, 1.82) is 0 Å². The summed E-state index contributed by atoms with van der Waals surface area (Å²) in [6.07, 6.45) is 7.36. The van der Waals surface area contributed by atoms with Crippen molar-refractivity contribution in [1.82, 2.24) is 35.0 Å². The first kappa shape index (κ1) is 24.9. The van der Waals surface area contributed by atoms with E-state index in [-0.39, 0.29) is 5.91 Å². The summed E-state index contributed by atoms with van der Waals surface area (Å²) in [7, 11) is 2.16. The predicted octanol–water partition coefficient (Wildman–Crippen LogP) is 4.50. The highest BCUT2D eigenvalue weighted by Crippen LogP contribution is 2.34. The fraction of sp³-hybridized carbons (Fsp3) is 0.194. The Kier molecular flexibility index (Phi) is 6.36. The maximum Gasteiger partial charge on any atom is 0.228 e. The molecule has 7 rings (SSSR count). The van der Waals surface area contributed by atoms with E-state index in [4.69, 9.17) is 0 Å². The van der Waals surface area contributed by atoms with Gasteiger partial charge in [-0.15, -0.1) is 0 Å². The number of nitrogens with one attached hydrogen (secondary N) is 3. The number of anilines is 2. The van der Waals surface area contributed by atoms with Crippen molar-refractivity contribution in [3.8, 4) is 22.5 Å². The van der Waals surface area contributed by atoms with E-state index >= 15 is 0 Å². The van der Waals surface area contributed by atoms with E-state index in [1.54, 1.807) is 18.6 Å². The quantitative estimate of drug-likeness (QED) is 0.283. The Balaban J connectivity index is 1.18. The van der Waals surface area contributed by atoms with Crippen molar-refractivity contribution in [3.63, 3.8) is 0 Å². The molecule has 1 fully saturated rings. The van der Waals surface area contributed by atoms with Crippen LogP contribution in [0.15, 0.2) is 79.4 Å². The number of rotatable bonds is 6. The first-order valence-corrected chi connectivity index (χ1v) is 13.7. The number of aromatic nitrogens is 6. The molecule has 0 aliphatic carbocycles. The third-order valence-electron chi connectivity index (χ3n) is 7.59. The van der Waals surface area contributed by atoms with Gasteiger partial charge in [-0.25, -0.2) is 9.97 Å². The minimum absolute atomic E-state index is 0.0933. The molecule has 0 atom stereocenters. The summed E-state index contributed by atoms with van der Waals surface area (Å²) < 4.78 is 0. The molecule has 204 valence electrons. The number of aromatic amines is 2. The van der Waals surface area contributed by atoms with Crippen LogP contribution in [0, 0.1) is 0 Å². The molecule has 1 aliphatic heterocycles. The van der Waals surface area contributed by atoms with E-state index in [2.05, 4.69) is 64.4 Å². The Morgan fingerprint density at radius 3 is 2.59 bits per heavy atom. The van der Waals surface area contributed by atoms with Gasteiger partial charge in [0.25, 0.3) is 0 Å². The molecule has 0 radical (unpaired) electrons. The van der Waals surface area contributed by atoms with Crippen molar-refractivity contribution in [2.45, 2.75) is 6.42 Å². The zero-order chi connectivity index (χ0) is 27.8. The van der Waals surface area contributed by atoms with E-state index in [0.717, 1.165) is 70.7 Å². The molecule has 0 unspecified atom stereocenters. The monoisotopic (exact) mass is 543 g/mol. The second kappa shape index (κ2) is 10.5. The molecule has 0 saturated carbocycles. The van der Waals surface area contributed by atoms with Gasteiger partial charge in [0, 0.05) is 72.4 Å². The van der Waals surface area contributed by atoms with Gasteiger partial charge in [-0.3, -0.25) is 14.9 Å². The van der Waals surface area contributed by atoms with Crippen LogP contribution in [-0.4, -0.2) is 74.2 Å². The van der Waals surface area contributed by atoms with Crippen molar-refractivity contribution in [2.24, 2.45) is 0 Å². The Hall–Kier alpha value is -5.09. The molecule has 0 spiro atoms. The van der Waals surface area contributed by atoms with Crippen LogP contribution in [0.2, 0.25) is 0 Å². The van der Waals surface area contributed by atoms with Gasteiger partial charge in [0.2, 0.25) is 5.91 Å². The number of nitrogens with zero attached hydrogens (tertiary/aromatic N) is 6. The van der Waals surface area contributed by atoms with Gasteiger partial charge in [0.15, 0.2) is 5.65 Å². The lowest BCUT2D eigenvalue weighted by molar-refractivity contribution is -0.115. The number of hydrogen-bond donors (Lipinski definition) is 3. The number of piperazine rings is 1. The molecule has 1 amide bonds. The van der Waals surface area contributed by atoms with E-state index < -0.39 is 0 Å². The average Bonchev–Trinajstić information content (AvgIpc) is 3.62. The van der Waals surface area contributed by atoms with Gasteiger partial charge in [0.05, 0.1) is 24.0 Å². The summed E-state index contributed by atoms with van der Waals surface area (Å²) in [6.45, 7) is 4.03. The number of hydrogen-bond acceptors (Lipinski definition) is 7. The lowest BCUT2D eigenvalue weighted by Gasteiger charge is -2.34. The first-order chi connectivity index (χ1) is 20.1. The molecular formula is C31H29N9O.